The van der Waals surface area contributed by atoms with Crippen LogP contribution in [0, 0.1) is 19.8 Å². The van der Waals surface area contributed by atoms with Crippen molar-refractivity contribution in [3.05, 3.63) is 35.4 Å². The van der Waals surface area contributed by atoms with Crippen molar-refractivity contribution in [1.82, 2.24) is 9.88 Å². The molecule has 1 saturated heterocycles. The van der Waals surface area contributed by atoms with Gasteiger partial charge in [0.25, 0.3) is 0 Å². The molecule has 122 valence electrons. The number of carbonyl (C=O) groups excluding carboxylic acids is 1. The Balaban J connectivity index is 1.72. The minimum Gasteiger partial charge on any atom is -0.342 e. The number of hydrogen-bond acceptors (Lipinski definition) is 3. The molecule has 1 fully saturated rings. The number of hydrogen-bond donors (Lipinski definition) is 0. The highest BCUT2D eigenvalue weighted by atomic mass is 32.2. The molecule has 1 aliphatic rings. The van der Waals surface area contributed by atoms with Crippen LogP contribution in [-0.2, 0) is 4.79 Å². The average Bonchev–Trinajstić information content (AvgIpc) is 2.53. The fourth-order valence-electron chi connectivity index (χ4n) is 3.25. The number of carbonyl (C=O) groups is 1. The van der Waals surface area contributed by atoms with Gasteiger partial charge in [0, 0.05) is 18.5 Å². The molecule has 2 heterocycles. The number of para-hydroxylation sites is 1. The van der Waals surface area contributed by atoms with Crippen LogP contribution >= 0.6 is 11.8 Å². The maximum atomic E-state index is 12.4. The summed E-state index contributed by atoms with van der Waals surface area (Å²) >= 11 is 1.56. The van der Waals surface area contributed by atoms with E-state index in [1.54, 1.807) is 11.8 Å². The van der Waals surface area contributed by atoms with Crippen molar-refractivity contribution in [2.24, 2.45) is 5.92 Å². The average molecular weight is 328 g/mol. The number of thioether (sulfide) groups is 1. The highest BCUT2D eigenvalue weighted by Crippen LogP contribution is 2.26. The first kappa shape index (κ1) is 16.3. The van der Waals surface area contributed by atoms with E-state index < -0.39 is 0 Å². The fourth-order valence-corrected chi connectivity index (χ4v) is 4.12. The molecule has 0 bridgehead atoms. The topological polar surface area (TPSA) is 33.2 Å². The van der Waals surface area contributed by atoms with Gasteiger partial charge in [-0.1, -0.05) is 36.9 Å². The second kappa shape index (κ2) is 6.91. The first-order chi connectivity index (χ1) is 11.0. The van der Waals surface area contributed by atoms with Crippen LogP contribution in [-0.4, -0.2) is 34.6 Å². The van der Waals surface area contributed by atoms with Crippen LogP contribution in [0.5, 0.6) is 0 Å². The second-order valence-electron chi connectivity index (χ2n) is 6.62. The molecule has 4 heteroatoms. The number of aromatic nitrogens is 1. The summed E-state index contributed by atoms with van der Waals surface area (Å²) in [5.41, 5.74) is 3.46. The number of likely N-dealkylation sites (tertiary alicyclic amines) is 1. The number of benzene rings is 1. The number of pyridine rings is 1. The molecule has 1 amide bonds. The van der Waals surface area contributed by atoms with Crippen LogP contribution < -0.4 is 0 Å². The molecule has 23 heavy (non-hydrogen) atoms. The minimum absolute atomic E-state index is 0.242. The Morgan fingerprint density at radius 2 is 2.17 bits per heavy atom. The lowest BCUT2D eigenvalue weighted by molar-refractivity contribution is -0.130. The summed E-state index contributed by atoms with van der Waals surface area (Å²) in [5.74, 6) is 1.35. The number of fused-ring (bicyclic) bond motifs is 1. The molecule has 3 rings (SSSR count). The molecule has 0 radical (unpaired) electrons. The zero-order valence-corrected chi connectivity index (χ0v) is 14.9. The van der Waals surface area contributed by atoms with E-state index in [0.29, 0.717) is 11.7 Å². The third-order valence-electron chi connectivity index (χ3n) is 4.58. The van der Waals surface area contributed by atoms with Gasteiger partial charge in [0.15, 0.2) is 0 Å². The van der Waals surface area contributed by atoms with Crippen LogP contribution in [0.3, 0.4) is 0 Å². The van der Waals surface area contributed by atoms with Crippen LogP contribution in [0.4, 0.5) is 0 Å². The minimum atomic E-state index is 0.242. The van der Waals surface area contributed by atoms with E-state index in [4.69, 9.17) is 4.98 Å². The maximum Gasteiger partial charge on any atom is 0.232 e. The molecule has 0 saturated carbocycles. The van der Waals surface area contributed by atoms with Gasteiger partial charge >= 0.3 is 0 Å². The molecule has 0 unspecified atom stereocenters. The molecule has 1 aromatic heterocycles. The van der Waals surface area contributed by atoms with E-state index in [-0.39, 0.29) is 5.91 Å². The van der Waals surface area contributed by atoms with Gasteiger partial charge in [-0.2, -0.15) is 0 Å². The highest BCUT2D eigenvalue weighted by Gasteiger charge is 2.21. The van der Waals surface area contributed by atoms with E-state index in [2.05, 4.69) is 45.0 Å². The lowest BCUT2D eigenvalue weighted by Gasteiger charge is -2.30. The summed E-state index contributed by atoms with van der Waals surface area (Å²) in [7, 11) is 0. The van der Waals surface area contributed by atoms with E-state index in [0.717, 1.165) is 30.1 Å². The van der Waals surface area contributed by atoms with E-state index >= 15 is 0 Å². The van der Waals surface area contributed by atoms with Gasteiger partial charge in [0.05, 0.1) is 16.3 Å². The summed E-state index contributed by atoms with van der Waals surface area (Å²) < 4.78 is 0. The van der Waals surface area contributed by atoms with Crippen LogP contribution in [0.1, 0.15) is 30.9 Å². The number of aryl methyl sites for hydroxylation is 2. The van der Waals surface area contributed by atoms with Crippen molar-refractivity contribution in [1.29, 1.82) is 0 Å². The third kappa shape index (κ3) is 3.69. The van der Waals surface area contributed by atoms with E-state index in [1.807, 2.05) is 4.90 Å². The number of piperidine rings is 1. The van der Waals surface area contributed by atoms with Gasteiger partial charge in [0.2, 0.25) is 5.91 Å². The van der Waals surface area contributed by atoms with Crippen molar-refractivity contribution in [2.75, 3.05) is 18.8 Å². The number of amides is 1. The van der Waals surface area contributed by atoms with Gasteiger partial charge < -0.3 is 4.90 Å². The summed E-state index contributed by atoms with van der Waals surface area (Å²) in [6.07, 6.45) is 2.37. The molecule has 0 spiro atoms. The zero-order chi connectivity index (χ0) is 16.4. The normalized spacial score (nSPS) is 18.4. The molecule has 0 N–H and O–H groups in total. The quantitative estimate of drug-likeness (QED) is 0.792. The SMILES string of the molecule is Cc1cc(SCC(=O)N2CCC[C@H](C)C2)nc2c(C)cccc12. The monoisotopic (exact) mass is 328 g/mol. The molecule has 0 aliphatic carbocycles. The summed E-state index contributed by atoms with van der Waals surface area (Å²) in [6, 6.07) is 8.36. The smallest absolute Gasteiger partial charge is 0.232 e. The lowest BCUT2D eigenvalue weighted by atomic mass is 10.0. The Hall–Kier alpha value is -1.55. The van der Waals surface area contributed by atoms with Gasteiger partial charge in [-0.15, -0.1) is 0 Å². The lowest BCUT2D eigenvalue weighted by Crippen LogP contribution is -2.40. The fraction of sp³-hybridized carbons (Fsp3) is 0.474. The predicted molar refractivity (Wildman–Crippen MR) is 96.9 cm³/mol. The molecule has 1 atom stereocenters. The molecular formula is C19H24N2OS. The summed E-state index contributed by atoms with van der Waals surface area (Å²) in [5, 5.41) is 2.15. The van der Waals surface area contributed by atoms with Crippen molar-refractivity contribution in [3.8, 4) is 0 Å². The van der Waals surface area contributed by atoms with E-state index in [1.165, 1.54) is 22.9 Å². The molecule has 3 nitrogen and oxygen atoms in total. The Labute approximate surface area is 142 Å². The van der Waals surface area contributed by atoms with Crippen LogP contribution in [0.15, 0.2) is 29.3 Å². The maximum absolute atomic E-state index is 12.4. The van der Waals surface area contributed by atoms with Gasteiger partial charge in [-0.05, 0) is 49.8 Å². The van der Waals surface area contributed by atoms with Gasteiger partial charge in [-0.3, -0.25) is 4.79 Å². The first-order valence-electron chi connectivity index (χ1n) is 8.32. The van der Waals surface area contributed by atoms with Gasteiger partial charge in [-0.25, -0.2) is 4.98 Å². The van der Waals surface area contributed by atoms with Gasteiger partial charge in [0.1, 0.15) is 0 Å². The summed E-state index contributed by atoms with van der Waals surface area (Å²) in [6.45, 7) is 8.24. The number of nitrogens with zero attached hydrogens (tertiary/aromatic N) is 2. The highest BCUT2D eigenvalue weighted by molar-refractivity contribution is 7.99. The van der Waals surface area contributed by atoms with Crippen molar-refractivity contribution in [3.63, 3.8) is 0 Å². The molecule has 1 aromatic carbocycles. The standard InChI is InChI=1S/C19H24N2OS/c1-13-6-5-9-21(11-13)18(22)12-23-17-10-15(3)16-8-4-7-14(2)19(16)20-17/h4,7-8,10,13H,5-6,9,11-12H2,1-3H3/t13-/m0/s1. The van der Waals surface area contributed by atoms with Crippen molar-refractivity contribution in [2.45, 2.75) is 38.6 Å². The zero-order valence-electron chi connectivity index (χ0n) is 14.1. The van der Waals surface area contributed by atoms with Crippen LogP contribution in [0.25, 0.3) is 10.9 Å². The Bertz CT molecular complexity index is 729. The second-order valence-corrected chi connectivity index (χ2v) is 7.62. The van der Waals surface area contributed by atoms with Crippen LogP contribution in [0.2, 0.25) is 0 Å². The Morgan fingerprint density at radius 3 is 2.96 bits per heavy atom. The molecule has 1 aliphatic heterocycles. The Morgan fingerprint density at radius 1 is 1.35 bits per heavy atom. The third-order valence-corrected chi connectivity index (χ3v) is 5.47. The largest absolute Gasteiger partial charge is 0.342 e. The number of rotatable bonds is 3. The predicted octanol–water partition coefficient (Wildman–Crippen LogP) is 4.20. The first-order valence-corrected chi connectivity index (χ1v) is 9.30. The van der Waals surface area contributed by atoms with Crippen molar-refractivity contribution < 1.29 is 4.79 Å². The van der Waals surface area contributed by atoms with Crippen molar-refractivity contribution >= 4 is 28.6 Å². The van der Waals surface area contributed by atoms with E-state index in [9.17, 15) is 4.79 Å². The Kier molecular flexibility index (Phi) is 4.90. The molecule has 2 aromatic rings. The molecular weight excluding hydrogens is 304 g/mol. The summed E-state index contributed by atoms with van der Waals surface area (Å²) in [4.78, 5) is 19.2.